The second-order valence-electron chi connectivity index (χ2n) is 3.87. The number of aliphatic hydroxyl groups excluding tert-OH is 2. The average molecular weight is 260 g/mol. The van der Waals surface area contributed by atoms with Crippen LogP contribution in [0.2, 0.25) is 5.02 Å². The van der Waals surface area contributed by atoms with Crippen LogP contribution in [0.15, 0.2) is 6.07 Å². The van der Waals surface area contributed by atoms with Crippen molar-refractivity contribution in [2.24, 2.45) is 0 Å². The number of hydrogen-bond acceptors (Lipinski definition) is 5. The molecule has 17 heavy (non-hydrogen) atoms. The smallest absolute Gasteiger partial charge is 0.142 e. The van der Waals surface area contributed by atoms with Gasteiger partial charge in [-0.15, -0.1) is 0 Å². The van der Waals surface area contributed by atoms with Gasteiger partial charge in [0.2, 0.25) is 0 Å². The van der Waals surface area contributed by atoms with Crippen molar-refractivity contribution in [2.75, 3.05) is 25.5 Å². The number of anilines is 1. The van der Waals surface area contributed by atoms with Gasteiger partial charge in [0.25, 0.3) is 0 Å². The molecular formula is C11H18ClN3O2. The maximum absolute atomic E-state index is 8.89. The zero-order valence-corrected chi connectivity index (χ0v) is 10.5. The highest BCUT2D eigenvalue weighted by Gasteiger charge is 2.07. The van der Waals surface area contributed by atoms with Crippen molar-refractivity contribution >= 4 is 17.4 Å². The number of pyridine rings is 1. The van der Waals surface area contributed by atoms with Gasteiger partial charge in [0, 0.05) is 5.69 Å². The first-order chi connectivity index (χ1) is 8.08. The predicted molar refractivity (Wildman–Crippen MR) is 68.1 cm³/mol. The van der Waals surface area contributed by atoms with Crippen LogP contribution in [0.4, 0.5) is 5.82 Å². The quantitative estimate of drug-likeness (QED) is 0.582. The predicted octanol–water partition coefficient (Wildman–Crippen LogP) is 0.111. The molecule has 6 heteroatoms. The summed E-state index contributed by atoms with van der Waals surface area (Å²) in [4.78, 5) is 4.13. The molecule has 0 saturated heterocycles. The third-order valence-corrected chi connectivity index (χ3v) is 2.87. The van der Waals surface area contributed by atoms with Crippen LogP contribution in [0.25, 0.3) is 0 Å². The number of nitrogens with zero attached hydrogens (tertiary/aromatic N) is 1. The molecule has 0 fully saturated rings. The lowest BCUT2D eigenvalue weighted by atomic mass is 10.1. The third-order valence-electron chi connectivity index (χ3n) is 2.57. The molecule has 1 heterocycles. The summed E-state index contributed by atoms with van der Waals surface area (Å²) < 4.78 is 0. The molecule has 0 radical (unpaired) electrons. The Hall–Kier alpha value is -0.880. The molecule has 1 aromatic rings. The summed E-state index contributed by atoms with van der Waals surface area (Å²) in [6.45, 7) is 2.33. The van der Waals surface area contributed by atoms with Crippen LogP contribution in [-0.2, 0) is 6.42 Å². The van der Waals surface area contributed by atoms with Gasteiger partial charge in [-0.05, 0) is 31.5 Å². The van der Waals surface area contributed by atoms with Crippen LogP contribution in [0.1, 0.15) is 11.3 Å². The van der Waals surface area contributed by atoms with Crippen molar-refractivity contribution < 1.29 is 10.2 Å². The van der Waals surface area contributed by atoms with Crippen molar-refractivity contribution in [3.8, 4) is 0 Å². The standard InChI is InChI=1S/C11H18ClN3O2/c1-7-8(4-10(12)11(13)15-7)2-3-14-9(5-16)6-17/h4,9,14,16-17H,2-3,5-6H2,1H3,(H2,13,15). The fourth-order valence-corrected chi connectivity index (χ4v) is 1.66. The Morgan fingerprint density at radius 1 is 1.47 bits per heavy atom. The van der Waals surface area contributed by atoms with E-state index in [1.54, 1.807) is 6.07 Å². The minimum Gasteiger partial charge on any atom is -0.395 e. The van der Waals surface area contributed by atoms with Crippen molar-refractivity contribution in [2.45, 2.75) is 19.4 Å². The lowest BCUT2D eigenvalue weighted by Crippen LogP contribution is -2.37. The zero-order chi connectivity index (χ0) is 12.8. The van der Waals surface area contributed by atoms with Crippen LogP contribution >= 0.6 is 11.6 Å². The molecular weight excluding hydrogens is 242 g/mol. The van der Waals surface area contributed by atoms with E-state index in [1.807, 2.05) is 6.92 Å². The van der Waals surface area contributed by atoms with E-state index in [-0.39, 0.29) is 19.3 Å². The number of aromatic nitrogens is 1. The number of aliphatic hydroxyl groups is 2. The number of nitrogens with two attached hydrogens (primary N) is 1. The average Bonchev–Trinajstić information content (AvgIpc) is 2.31. The SMILES string of the molecule is Cc1nc(N)c(Cl)cc1CCNC(CO)CO. The first-order valence-corrected chi connectivity index (χ1v) is 5.82. The molecule has 96 valence electrons. The monoisotopic (exact) mass is 259 g/mol. The molecule has 0 bridgehead atoms. The van der Waals surface area contributed by atoms with E-state index in [2.05, 4.69) is 10.3 Å². The number of hydrogen-bond donors (Lipinski definition) is 4. The molecule has 0 aromatic carbocycles. The topological polar surface area (TPSA) is 91.4 Å². The molecule has 0 spiro atoms. The number of aryl methyl sites for hydroxylation is 1. The normalized spacial score (nSPS) is 11.1. The van der Waals surface area contributed by atoms with Gasteiger partial charge in [-0.25, -0.2) is 4.98 Å². The number of halogens is 1. The fourth-order valence-electron chi connectivity index (χ4n) is 1.49. The summed E-state index contributed by atoms with van der Waals surface area (Å²) in [5.41, 5.74) is 7.44. The summed E-state index contributed by atoms with van der Waals surface area (Å²) in [5.74, 6) is 0.337. The molecule has 0 aliphatic heterocycles. The molecule has 0 aliphatic rings. The number of rotatable bonds is 6. The first-order valence-electron chi connectivity index (χ1n) is 5.45. The molecule has 5 nitrogen and oxygen atoms in total. The third kappa shape index (κ3) is 4.12. The first kappa shape index (κ1) is 14.2. The second-order valence-corrected chi connectivity index (χ2v) is 4.27. The molecule has 5 N–H and O–H groups in total. The van der Waals surface area contributed by atoms with Crippen LogP contribution in [0.3, 0.4) is 0 Å². The van der Waals surface area contributed by atoms with E-state index in [0.29, 0.717) is 17.4 Å². The van der Waals surface area contributed by atoms with Crippen molar-refractivity contribution in [1.82, 2.24) is 10.3 Å². The molecule has 0 amide bonds. The molecule has 0 aliphatic carbocycles. The highest BCUT2D eigenvalue weighted by molar-refractivity contribution is 6.32. The van der Waals surface area contributed by atoms with E-state index >= 15 is 0 Å². The largest absolute Gasteiger partial charge is 0.395 e. The maximum atomic E-state index is 8.89. The molecule has 1 aromatic heterocycles. The van der Waals surface area contributed by atoms with Gasteiger partial charge in [-0.1, -0.05) is 11.6 Å². The van der Waals surface area contributed by atoms with Crippen LogP contribution in [0.5, 0.6) is 0 Å². The highest BCUT2D eigenvalue weighted by Crippen LogP contribution is 2.19. The van der Waals surface area contributed by atoms with Crippen molar-refractivity contribution in [3.63, 3.8) is 0 Å². The Balaban J connectivity index is 2.55. The van der Waals surface area contributed by atoms with Gasteiger partial charge in [-0.2, -0.15) is 0 Å². The lowest BCUT2D eigenvalue weighted by Gasteiger charge is -2.14. The lowest BCUT2D eigenvalue weighted by molar-refractivity contribution is 0.171. The van der Waals surface area contributed by atoms with Gasteiger partial charge in [-0.3, -0.25) is 0 Å². The van der Waals surface area contributed by atoms with Gasteiger partial charge in [0.05, 0.1) is 24.3 Å². The summed E-state index contributed by atoms with van der Waals surface area (Å²) in [6.07, 6.45) is 0.718. The van der Waals surface area contributed by atoms with E-state index in [1.165, 1.54) is 0 Å². The van der Waals surface area contributed by atoms with Gasteiger partial charge >= 0.3 is 0 Å². The minimum absolute atomic E-state index is 0.0871. The highest BCUT2D eigenvalue weighted by atomic mass is 35.5. The van der Waals surface area contributed by atoms with E-state index < -0.39 is 0 Å². The molecule has 0 unspecified atom stereocenters. The fraction of sp³-hybridized carbons (Fsp3) is 0.545. The van der Waals surface area contributed by atoms with Crippen LogP contribution in [-0.4, -0.2) is 41.0 Å². The minimum atomic E-state index is -0.285. The Morgan fingerprint density at radius 3 is 2.71 bits per heavy atom. The number of nitrogen functional groups attached to an aromatic ring is 1. The summed E-state index contributed by atoms with van der Waals surface area (Å²) in [7, 11) is 0. The summed E-state index contributed by atoms with van der Waals surface area (Å²) in [5, 5.41) is 21.2. The van der Waals surface area contributed by atoms with E-state index in [9.17, 15) is 0 Å². The zero-order valence-electron chi connectivity index (χ0n) is 9.78. The maximum Gasteiger partial charge on any atom is 0.142 e. The van der Waals surface area contributed by atoms with E-state index in [0.717, 1.165) is 17.7 Å². The summed E-state index contributed by atoms with van der Waals surface area (Å²) in [6, 6.07) is 1.51. The van der Waals surface area contributed by atoms with Gasteiger partial charge in [0.1, 0.15) is 5.82 Å². The molecule has 0 atom stereocenters. The molecule has 1 rings (SSSR count). The Labute approximate surface area is 106 Å². The van der Waals surface area contributed by atoms with E-state index in [4.69, 9.17) is 27.5 Å². The van der Waals surface area contributed by atoms with Crippen LogP contribution < -0.4 is 11.1 Å². The van der Waals surface area contributed by atoms with Crippen molar-refractivity contribution in [1.29, 1.82) is 0 Å². The molecule has 0 saturated carbocycles. The van der Waals surface area contributed by atoms with Gasteiger partial charge in [0.15, 0.2) is 0 Å². The Bertz CT molecular complexity index is 370. The van der Waals surface area contributed by atoms with Crippen LogP contribution in [0, 0.1) is 6.92 Å². The number of nitrogens with one attached hydrogen (secondary N) is 1. The van der Waals surface area contributed by atoms with Gasteiger partial charge < -0.3 is 21.3 Å². The summed E-state index contributed by atoms with van der Waals surface area (Å²) >= 11 is 5.89. The Morgan fingerprint density at radius 2 is 2.12 bits per heavy atom. The second kappa shape index (κ2) is 6.76. The Kier molecular flexibility index (Phi) is 5.64. The van der Waals surface area contributed by atoms with Crippen molar-refractivity contribution in [3.05, 3.63) is 22.3 Å².